The van der Waals surface area contributed by atoms with Gasteiger partial charge in [0.25, 0.3) is 0 Å². The zero-order chi connectivity index (χ0) is 27.8. The van der Waals surface area contributed by atoms with Crippen molar-refractivity contribution < 1.29 is 0 Å². The van der Waals surface area contributed by atoms with Crippen molar-refractivity contribution in [2.75, 3.05) is 4.90 Å². The summed E-state index contributed by atoms with van der Waals surface area (Å²) in [6.07, 6.45) is 0. The Morgan fingerprint density at radius 3 is 1.56 bits per heavy atom. The summed E-state index contributed by atoms with van der Waals surface area (Å²) in [6.45, 7) is 4.49. The molecule has 0 N–H and O–H groups in total. The predicted molar refractivity (Wildman–Crippen MR) is 175 cm³/mol. The van der Waals surface area contributed by atoms with Crippen molar-refractivity contribution in [1.82, 2.24) is 4.57 Å². The molecule has 0 aliphatic heterocycles. The highest BCUT2D eigenvalue weighted by atomic mass is 15.2. The van der Waals surface area contributed by atoms with E-state index in [1.165, 1.54) is 61.1 Å². The van der Waals surface area contributed by atoms with Crippen LogP contribution in [0, 0.1) is 0 Å². The molecule has 0 saturated carbocycles. The summed E-state index contributed by atoms with van der Waals surface area (Å²) in [7, 11) is 0. The van der Waals surface area contributed by atoms with Crippen molar-refractivity contribution in [3.05, 3.63) is 152 Å². The quantitative estimate of drug-likeness (QED) is 0.208. The Morgan fingerprint density at radius 2 is 0.927 bits per heavy atom. The lowest BCUT2D eigenvalue weighted by Gasteiger charge is -2.29. The van der Waals surface area contributed by atoms with Crippen LogP contribution in [-0.2, 0) is 0 Å². The van der Waals surface area contributed by atoms with E-state index in [2.05, 4.69) is 175 Å². The van der Waals surface area contributed by atoms with Gasteiger partial charge < -0.3 is 9.47 Å². The first-order valence-electron chi connectivity index (χ1n) is 14.3. The first-order chi connectivity index (χ1) is 20.2. The minimum absolute atomic E-state index is 0.323. The second kappa shape index (κ2) is 10.5. The van der Waals surface area contributed by atoms with Crippen LogP contribution in [0.1, 0.15) is 13.8 Å². The zero-order valence-electron chi connectivity index (χ0n) is 23.4. The highest BCUT2D eigenvalue weighted by molar-refractivity contribution is 6.10. The van der Waals surface area contributed by atoms with Crippen molar-refractivity contribution in [3.63, 3.8) is 0 Å². The van der Waals surface area contributed by atoms with Crippen LogP contribution in [0.15, 0.2) is 152 Å². The molecule has 2 nitrogen and oxygen atoms in total. The summed E-state index contributed by atoms with van der Waals surface area (Å²) in [5.41, 5.74) is 10.9. The number of aromatic nitrogens is 1. The van der Waals surface area contributed by atoms with E-state index in [0.717, 1.165) is 0 Å². The zero-order valence-corrected chi connectivity index (χ0v) is 23.4. The SMILES string of the molecule is CC(C)N(c1ccc(-c2ccccc2)cc1)c1ccc(-c2ccc3c(c2)c2ccccc2n3-c2ccccc2)cc1. The predicted octanol–water partition coefficient (Wildman–Crippen LogP) is 10.7. The van der Waals surface area contributed by atoms with Gasteiger partial charge >= 0.3 is 0 Å². The molecular weight excluding hydrogens is 496 g/mol. The van der Waals surface area contributed by atoms with E-state index >= 15 is 0 Å². The number of nitrogens with zero attached hydrogens (tertiary/aromatic N) is 2. The van der Waals surface area contributed by atoms with Gasteiger partial charge in [0.1, 0.15) is 0 Å². The smallest absolute Gasteiger partial charge is 0.0541 e. The Kier molecular flexibility index (Phi) is 6.37. The average molecular weight is 529 g/mol. The van der Waals surface area contributed by atoms with Gasteiger partial charge in [-0.2, -0.15) is 0 Å². The number of hydrogen-bond donors (Lipinski definition) is 0. The molecule has 0 aliphatic rings. The van der Waals surface area contributed by atoms with Gasteiger partial charge in [0.15, 0.2) is 0 Å². The normalized spacial score (nSPS) is 11.4. The molecule has 0 unspecified atom stereocenters. The number of para-hydroxylation sites is 2. The summed E-state index contributed by atoms with van der Waals surface area (Å²) >= 11 is 0. The third-order valence-corrected chi connectivity index (χ3v) is 7.93. The molecule has 6 aromatic carbocycles. The van der Waals surface area contributed by atoms with E-state index in [9.17, 15) is 0 Å². The van der Waals surface area contributed by atoms with Gasteiger partial charge in [-0.15, -0.1) is 0 Å². The fraction of sp³-hybridized carbons (Fsp3) is 0.0769. The van der Waals surface area contributed by atoms with E-state index < -0.39 is 0 Å². The summed E-state index contributed by atoms with van der Waals surface area (Å²) in [4.78, 5) is 2.40. The van der Waals surface area contributed by atoms with E-state index in [0.29, 0.717) is 6.04 Å². The highest BCUT2D eigenvalue weighted by Crippen LogP contribution is 2.36. The first-order valence-corrected chi connectivity index (χ1v) is 14.3. The molecule has 0 saturated heterocycles. The van der Waals surface area contributed by atoms with Crippen molar-refractivity contribution in [2.24, 2.45) is 0 Å². The molecule has 0 aliphatic carbocycles. The number of fused-ring (bicyclic) bond motifs is 3. The van der Waals surface area contributed by atoms with Gasteiger partial charge in [0.05, 0.1) is 11.0 Å². The van der Waals surface area contributed by atoms with Crippen LogP contribution in [0.5, 0.6) is 0 Å². The second-order valence-corrected chi connectivity index (χ2v) is 10.8. The van der Waals surface area contributed by atoms with Gasteiger partial charge in [0, 0.05) is 33.9 Å². The Bertz CT molecular complexity index is 1930. The first kappa shape index (κ1) is 24.9. The second-order valence-electron chi connectivity index (χ2n) is 10.8. The van der Waals surface area contributed by atoms with E-state index in [4.69, 9.17) is 0 Å². The third kappa shape index (κ3) is 4.58. The van der Waals surface area contributed by atoms with E-state index in [-0.39, 0.29) is 0 Å². The molecule has 0 bridgehead atoms. The molecule has 7 rings (SSSR count). The van der Waals surface area contributed by atoms with Crippen LogP contribution in [-0.4, -0.2) is 10.6 Å². The lowest BCUT2D eigenvalue weighted by Crippen LogP contribution is -2.25. The number of hydrogen-bond acceptors (Lipinski definition) is 1. The monoisotopic (exact) mass is 528 g/mol. The maximum absolute atomic E-state index is 2.40. The molecule has 0 fully saturated rings. The van der Waals surface area contributed by atoms with Gasteiger partial charge in [-0.05, 0) is 90.7 Å². The molecule has 0 spiro atoms. The van der Waals surface area contributed by atoms with Crippen LogP contribution in [0.4, 0.5) is 11.4 Å². The van der Waals surface area contributed by atoms with Crippen LogP contribution < -0.4 is 4.90 Å². The van der Waals surface area contributed by atoms with Crippen molar-refractivity contribution in [3.8, 4) is 27.9 Å². The highest BCUT2D eigenvalue weighted by Gasteiger charge is 2.15. The fourth-order valence-corrected chi connectivity index (χ4v) is 6.01. The number of anilines is 2. The third-order valence-electron chi connectivity index (χ3n) is 7.93. The maximum atomic E-state index is 2.40. The number of benzene rings is 6. The molecule has 1 heterocycles. The lowest BCUT2D eigenvalue weighted by atomic mass is 10.0. The summed E-state index contributed by atoms with van der Waals surface area (Å²) < 4.78 is 2.36. The van der Waals surface area contributed by atoms with Crippen LogP contribution in [0.25, 0.3) is 49.7 Å². The Morgan fingerprint density at radius 1 is 0.439 bits per heavy atom. The molecule has 41 heavy (non-hydrogen) atoms. The van der Waals surface area contributed by atoms with Gasteiger partial charge in [0.2, 0.25) is 0 Å². The minimum atomic E-state index is 0.323. The molecule has 0 amide bonds. The van der Waals surface area contributed by atoms with Crippen LogP contribution in [0.3, 0.4) is 0 Å². The summed E-state index contributed by atoms with van der Waals surface area (Å²) in [6, 6.07) is 54.9. The van der Waals surface area contributed by atoms with Gasteiger partial charge in [-0.25, -0.2) is 0 Å². The number of rotatable bonds is 6. The Labute approximate surface area is 241 Å². The van der Waals surface area contributed by atoms with Crippen LogP contribution in [0.2, 0.25) is 0 Å². The fourth-order valence-electron chi connectivity index (χ4n) is 6.01. The maximum Gasteiger partial charge on any atom is 0.0541 e. The Hall–Kier alpha value is -5.08. The standard InChI is InChI=1S/C39H32N2/c1-28(2)40(34-22-17-30(18-23-34)29-11-5-3-6-12-29)35-24-19-31(20-25-35)32-21-26-39-37(27-32)36-15-9-10-16-38(36)41(39)33-13-7-4-8-14-33/h3-28H,1-2H3. The summed E-state index contributed by atoms with van der Waals surface area (Å²) in [5, 5.41) is 2.54. The van der Waals surface area contributed by atoms with Gasteiger partial charge in [-0.1, -0.05) is 97.1 Å². The van der Waals surface area contributed by atoms with Crippen LogP contribution >= 0.6 is 0 Å². The largest absolute Gasteiger partial charge is 0.339 e. The van der Waals surface area contributed by atoms with Crippen molar-refractivity contribution in [2.45, 2.75) is 19.9 Å². The molecule has 7 aromatic rings. The average Bonchev–Trinajstić information content (AvgIpc) is 3.36. The molecule has 0 radical (unpaired) electrons. The summed E-state index contributed by atoms with van der Waals surface area (Å²) in [5.74, 6) is 0. The van der Waals surface area contributed by atoms with E-state index in [1.54, 1.807) is 0 Å². The van der Waals surface area contributed by atoms with E-state index in [1.807, 2.05) is 0 Å². The van der Waals surface area contributed by atoms with Gasteiger partial charge in [-0.3, -0.25) is 0 Å². The van der Waals surface area contributed by atoms with Crippen molar-refractivity contribution in [1.29, 1.82) is 0 Å². The lowest BCUT2D eigenvalue weighted by molar-refractivity contribution is 0.789. The van der Waals surface area contributed by atoms with Crippen molar-refractivity contribution >= 4 is 33.2 Å². The molecular formula is C39H32N2. The molecule has 0 atom stereocenters. The molecule has 198 valence electrons. The molecule has 1 aromatic heterocycles. The molecule has 2 heteroatoms. The minimum Gasteiger partial charge on any atom is -0.339 e. The topological polar surface area (TPSA) is 8.17 Å². The Balaban J connectivity index is 1.23.